The van der Waals surface area contributed by atoms with Crippen molar-refractivity contribution in [1.82, 2.24) is 5.32 Å². The van der Waals surface area contributed by atoms with Crippen LogP contribution in [0.2, 0.25) is 0 Å². The molecule has 0 bridgehead atoms. The third-order valence-corrected chi connectivity index (χ3v) is 3.69. The standard InChI is InChI=1S/C10H15NO2S2/c1-8(12)5-11-10(13)7-14-6-9-3-2-4-15-9/h2-4,8,12H,5-7H2,1H3,(H,11,13). The summed E-state index contributed by atoms with van der Waals surface area (Å²) in [6.07, 6.45) is -0.476. The summed E-state index contributed by atoms with van der Waals surface area (Å²) in [6, 6.07) is 4.07. The van der Waals surface area contributed by atoms with E-state index in [0.29, 0.717) is 12.3 Å². The Morgan fingerprint density at radius 2 is 2.53 bits per heavy atom. The highest BCUT2D eigenvalue weighted by Crippen LogP contribution is 2.16. The van der Waals surface area contributed by atoms with Crippen LogP contribution < -0.4 is 5.32 Å². The van der Waals surface area contributed by atoms with Crippen LogP contribution in [0, 0.1) is 0 Å². The Labute approximate surface area is 97.9 Å². The number of aliphatic hydroxyl groups excluding tert-OH is 1. The Morgan fingerprint density at radius 3 is 3.13 bits per heavy atom. The molecule has 3 nitrogen and oxygen atoms in total. The molecule has 0 saturated heterocycles. The largest absolute Gasteiger partial charge is 0.392 e. The molecule has 1 unspecified atom stereocenters. The van der Waals surface area contributed by atoms with Gasteiger partial charge in [-0.1, -0.05) is 6.07 Å². The van der Waals surface area contributed by atoms with Gasteiger partial charge in [-0.15, -0.1) is 23.1 Å². The molecule has 0 saturated carbocycles. The van der Waals surface area contributed by atoms with Crippen LogP contribution in [-0.2, 0) is 10.5 Å². The van der Waals surface area contributed by atoms with Gasteiger partial charge in [-0.25, -0.2) is 0 Å². The number of amides is 1. The summed E-state index contributed by atoms with van der Waals surface area (Å²) in [7, 11) is 0. The second-order valence-electron chi connectivity index (χ2n) is 3.23. The first-order valence-electron chi connectivity index (χ1n) is 4.73. The topological polar surface area (TPSA) is 49.3 Å². The highest BCUT2D eigenvalue weighted by Gasteiger charge is 2.03. The van der Waals surface area contributed by atoms with E-state index in [4.69, 9.17) is 5.11 Å². The fraction of sp³-hybridized carbons (Fsp3) is 0.500. The van der Waals surface area contributed by atoms with Crippen LogP contribution in [0.1, 0.15) is 11.8 Å². The zero-order valence-corrected chi connectivity index (χ0v) is 10.2. The van der Waals surface area contributed by atoms with Crippen molar-refractivity contribution in [1.29, 1.82) is 0 Å². The highest BCUT2D eigenvalue weighted by molar-refractivity contribution is 7.99. The van der Waals surface area contributed by atoms with Crippen molar-refractivity contribution in [3.05, 3.63) is 22.4 Å². The molecule has 1 aromatic heterocycles. The van der Waals surface area contributed by atoms with Crippen molar-refractivity contribution in [3.8, 4) is 0 Å². The van der Waals surface area contributed by atoms with Crippen molar-refractivity contribution in [2.75, 3.05) is 12.3 Å². The molecule has 0 spiro atoms. The van der Waals surface area contributed by atoms with Crippen molar-refractivity contribution >= 4 is 29.0 Å². The molecule has 1 heterocycles. The predicted molar refractivity (Wildman–Crippen MR) is 65.2 cm³/mol. The average Bonchev–Trinajstić information content (AvgIpc) is 2.67. The molecule has 5 heteroatoms. The van der Waals surface area contributed by atoms with Crippen molar-refractivity contribution in [2.24, 2.45) is 0 Å². The quantitative estimate of drug-likeness (QED) is 0.798. The molecule has 1 rings (SSSR count). The van der Waals surface area contributed by atoms with E-state index in [1.807, 2.05) is 11.4 Å². The molecule has 0 aliphatic rings. The van der Waals surface area contributed by atoms with Crippen LogP contribution in [-0.4, -0.2) is 29.4 Å². The summed E-state index contributed by atoms with van der Waals surface area (Å²) in [6.45, 7) is 1.98. The number of hydrogen-bond donors (Lipinski definition) is 2. The first kappa shape index (κ1) is 12.5. The molecule has 0 radical (unpaired) electrons. The van der Waals surface area contributed by atoms with Crippen molar-refractivity contribution in [3.63, 3.8) is 0 Å². The van der Waals surface area contributed by atoms with Gasteiger partial charge in [-0.3, -0.25) is 4.79 Å². The lowest BCUT2D eigenvalue weighted by Crippen LogP contribution is -2.31. The maximum atomic E-state index is 11.2. The average molecular weight is 245 g/mol. The molecular formula is C10H15NO2S2. The van der Waals surface area contributed by atoms with E-state index in [1.54, 1.807) is 30.0 Å². The second-order valence-corrected chi connectivity index (χ2v) is 5.24. The maximum Gasteiger partial charge on any atom is 0.230 e. The summed E-state index contributed by atoms with van der Waals surface area (Å²) < 4.78 is 0. The predicted octanol–water partition coefficient (Wildman–Crippen LogP) is 1.48. The van der Waals surface area contributed by atoms with Crippen LogP contribution in [0.5, 0.6) is 0 Å². The summed E-state index contributed by atoms with van der Waals surface area (Å²) in [4.78, 5) is 12.5. The summed E-state index contributed by atoms with van der Waals surface area (Å²) >= 11 is 3.29. The van der Waals surface area contributed by atoms with Gasteiger partial charge in [0.1, 0.15) is 0 Å². The Bertz CT molecular complexity index is 286. The smallest absolute Gasteiger partial charge is 0.230 e. The van der Waals surface area contributed by atoms with E-state index in [2.05, 4.69) is 11.4 Å². The number of thioether (sulfide) groups is 1. The SMILES string of the molecule is CC(O)CNC(=O)CSCc1cccs1. The normalized spacial score (nSPS) is 12.4. The Kier molecular flexibility index (Phi) is 5.75. The third kappa shape index (κ3) is 5.81. The molecule has 1 aromatic rings. The Balaban J connectivity index is 2.07. The second kappa shape index (κ2) is 6.87. The molecule has 0 fully saturated rings. The molecule has 84 valence electrons. The first-order valence-corrected chi connectivity index (χ1v) is 6.77. The van der Waals surface area contributed by atoms with E-state index in [1.165, 1.54) is 4.88 Å². The van der Waals surface area contributed by atoms with Gasteiger partial charge >= 0.3 is 0 Å². The number of aliphatic hydroxyl groups is 1. The minimum Gasteiger partial charge on any atom is -0.392 e. The lowest BCUT2D eigenvalue weighted by molar-refractivity contribution is -0.118. The summed E-state index contributed by atoms with van der Waals surface area (Å²) in [5.74, 6) is 1.31. The monoisotopic (exact) mass is 245 g/mol. The van der Waals surface area contributed by atoms with Crippen molar-refractivity contribution in [2.45, 2.75) is 18.8 Å². The fourth-order valence-electron chi connectivity index (χ4n) is 0.952. The van der Waals surface area contributed by atoms with Crippen LogP contribution in [0.3, 0.4) is 0 Å². The van der Waals surface area contributed by atoms with Gasteiger partial charge in [0, 0.05) is 17.2 Å². The maximum absolute atomic E-state index is 11.2. The third-order valence-electron chi connectivity index (χ3n) is 1.65. The van der Waals surface area contributed by atoms with Gasteiger partial charge in [0.05, 0.1) is 11.9 Å². The van der Waals surface area contributed by atoms with E-state index >= 15 is 0 Å². The molecule has 0 aliphatic carbocycles. The number of thiophene rings is 1. The Hall–Kier alpha value is -0.520. The van der Waals surface area contributed by atoms with Crippen LogP contribution in [0.15, 0.2) is 17.5 Å². The van der Waals surface area contributed by atoms with Gasteiger partial charge in [0.15, 0.2) is 0 Å². The lowest BCUT2D eigenvalue weighted by atomic mass is 10.4. The van der Waals surface area contributed by atoms with E-state index in [0.717, 1.165) is 5.75 Å². The molecule has 0 aromatic carbocycles. The number of nitrogens with one attached hydrogen (secondary N) is 1. The molecule has 2 N–H and O–H groups in total. The fourth-order valence-corrected chi connectivity index (χ4v) is 2.65. The zero-order valence-electron chi connectivity index (χ0n) is 8.60. The lowest BCUT2D eigenvalue weighted by Gasteiger charge is -2.06. The molecule has 0 aliphatic heterocycles. The van der Waals surface area contributed by atoms with Gasteiger partial charge < -0.3 is 10.4 Å². The van der Waals surface area contributed by atoms with Crippen LogP contribution in [0.4, 0.5) is 0 Å². The highest BCUT2D eigenvalue weighted by atomic mass is 32.2. The zero-order chi connectivity index (χ0) is 11.1. The first-order chi connectivity index (χ1) is 7.18. The van der Waals surface area contributed by atoms with Gasteiger partial charge in [-0.2, -0.15) is 0 Å². The van der Waals surface area contributed by atoms with Gasteiger partial charge in [0.25, 0.3) is 0 Å². The number of hydrogen-bond acceptors (Lipinski definition) is 4. The minimum absolute atomic E-state index is 0.0162. The number of carbonyl (C=O) groups is 1. The van der Waals surface area contributed by atoms with Gasteiger partial charge in [-0.05, 0) is 18.4 Å². The van der Waals surface area contributed by atoms with E-state index < -0.39 is 6.10 Å². The molecule has 15 heavy (non-hydrogen) atoms. The van der Waals surface area contributed by atoms with Gasteiger partial charge in [0.2, 0.25) is 5.91 Å². The number of carbonyl (C=O) groups excluding carboxylic acids is 1. The minimum atomic E-state index is -0.476. The number of rotatable bonds is 6. The Morgan fingerprint density at radius 1 is 1.73 bits per heavy atom. The van der Waals surface area contributed by atoms with Crippen molar-refractivity contribution < 1.29 is 9.90 Å². The summed E-state index contributed by atoms with van der Waals surface area (Å²) in [5, 5.41) is 13.6. The van der Waals surface area contributed by atoms with Crippen LogP contribution >= 0.6 is 23.1 Å². The molecule has 1 amide bonds. The molecular weight excluding hydrogens is 230 g/mol. The van der Waals surface area contributed by atoms with Crippen LogP contribution in [0.25, 0.3) is 0 Å². The van der Waals surface area contributed by atoms with E-state index in [9.17, 15) is 4.79 Å². The summed E-state index contributed by atoms with van der Waals surface area (Å²) in [5.41, 5.74) is 0. The molecule has 1 atom stereocenters. The van der Waals surface area contributed by atoms with E-state index in [-0.39, 0.29) is 5.91 Å².